The van der Waals surface area contributed by atoms with Crippen molar-refractivity contribution in [2.75, 3.05) is 13.7 Å². The summed E-state index contributed by atoms with van der Waals surface area (Å²) in [5.41, 5.74) is 1.11. The van der Waals surface area contributed by atoms with Crippen LogP contribution in [0.1, 0.15) is 26.3 Å². The molecule has 0 spiro atoms. The van der Waals surface area contributed by atoms with Crippen LogP contribution in [0.5, 0.6) is 5.75 Å². The number of nitrogens with zero attached hydrogens (tertiary/aromatic N) is 1. The van der Waals surface area contributed by atoms with E-state index in [4.69, 9.17) is 4.74 Å². The summed E-state index contributed by atoms with van der Waals surface area (Å²) in [7, 11) is 1.65. The van der Waals surface area contributed by atoms with Crippen molar-refractivity contribution in [3.8, 4) is 5.75 Å². The Morgan fingerprint density at radius 2 is 1.89 bits per heavy atom. The topological polar surface area (TPSA) is 29.5 Å². The van der Waals surface area contributed by atoms with E-state index in [1.165, 1.54) is 0 Å². The number of hydrogen-bond donors (Lipinski definition) is 0. The Bertz CT molecular complexity index is 403. The molecular formula is C15H22BrNO2. The number of rotatable bonds is 6. The van der Waals surface area contributed by atoms with Gasteiger partial charge in [-0.25, -0.2) is 0 Å². The van der Waals surface area contributed by atoms with Crippen LogP contribution < -0.4 is 4.74 Å². The molecule has 0 fully saturated rings. The van der Waals surface area contributed by atoms with Crippen LogP contribution in [0, 0.1) is 5.92 Å². The van der Waals surface area contributed by atoms with E-state index in [-0.39, 0.29) is 16.7 Å². The summed E-state index contributed by atoms with van der Waals surface area (Å²) in [5.74, 6) is 1.27. The van der Waals surface area contributed by atoms with Crippen LogP contribution in [0.2, 0.25) is 0 Å². The third kappa shape index (κ3) is 4.53. The van der Waals surface area contributed by atoms with E-state index in [2.05, 4.69) is 15.9 Å². The molecule has 0 radical (unpaired) electrons. The van der Waals surface area contributed by atoms with Crippen molar-refractivity contribution >= 4 is 21.8 Å². The van der Waals surface area contributed by atoms with Gasteiger partial charge in [0.2, 0.25) is 5.91 Å². The van der Waals surface area contributed by atoms with Gasteiger partial charge in [-0.05, 0) is 30.5 Å². The fourth-order valence-electron chi connectivity index (χ4n) is 1.76. The van der Waals surface area contributed by atoms with Crippen molar-refractivity contribution in [3.05, 3.63) is 29.8 Å². The number of alkyl halides is 1. The van der Waals surface area contributed by atoms with Crippen LogP contribution in [0.3, 0.4) is 0 Å². The highest BCUT2D eigenvalue weighted by molar-refractivity contribution is 9.10. The number of hydrogen-bond acceptors (Lipinski definition) is 2. The Labute approximate surface area is 124 Å². The highest BCUT2D eigenvalue weighted by atomic mass is 79.9. The fourth-order valence-corrected chi connectivity index (χ4v) is 2.05. The van der Waals surface area contributed by atoms with Crippen LogP contribution in [0.25, 0.3) is 0 Å². The second kappa shape index (κ2) is 7.53. The minimum atomic E-state index is -0.120. The zero-order chi connectivity index (χ0) is 14.4. The van der Waals surface area contributed by atoms with Gasteiger partial charge in [0.05, 0.1) is 11.9 Å². The molecule has 0 aliphatic carbocycles. The quantitative estimate of drug-likeness (QED) is 0.749. The molecule has 19 heavy (non-hydrogen) atoms. The molecule has 0 aromatic heterocycles. The SMILES string of the molecule is CCN(Cc1ccc(OC)cc1)C(=O)C(Br)C(C)C. The second-order valence-electron chi connectivity index (χ2n) is 4.85. The summed E-state index contributed by atoms with van der Waals surface area (Å²) >= 11 is 3.47. The Morgan fingerprint density at radius 3 is 2.32 bits per heavy atom. The molecule has 0 heterocycles. The average molecular weight is 328 g/mol. The molecule has 1 aromatic carbocycles. The maximum Gasteiger partial charge on any atom is 0.236 e. The lowest BCUT2D eigenvalue weighted by molar-refractivity contribution is -0.131. The summed E-state index contributed by atoms with van der Waals surface area (Å²) in [6, 6.07) is 7.82. The van der Waals surface area contributed by atoms with Crippen LogP contribution in [0.4, 0.5) is 0 Å². The molecule has 3 nitrogen and oxygen atoms in total. The van der Waals surface area contributed by atoms with Crippen LogP contribution in [-0.4, -0.2) is 29.3 Å². The van der Waals surface area contributed by atoms with E-state index in [1.807, 2.05) is 49.9 Å². The van der Waals surface area contributed by atoms with Gasteiger partial charge in [-0.15, -0.1) is 0 Å². The Kier molecular flexibility index (Phi) is 6.35. The summed E-state index contributed by atoms with van der Waals surface area (Å²) in [6.07, 6.45) is 0. The van der Waals surface area contributed by atoms with Gasteiger partial charge >= 0.3 is 0 Å². The smallest absolute Gasteiger partial charge is 0.236 e. The number of halogens is 1. The van der Waals surface area contributed by atoms with E-state index >= 15 is 0 Å². The number of carbonyl (C=O) groups is 1. The first-order valence-electron chi connectivity index (χ1n) is 6.55. The van der Waals surface area contributed by atoms with Crippen molar-refractivity contribution in [2.24, 2.45) is 5.92 Å². The fraction of sp³-hybridized carbons (Fsp3) is 0.533. The molecule has 1 amide bonds. The number of carbonyl (C=O) groups excluding carboxylic acids is 1. The molecule has 0 saturated carbocycles. The maximum absolute atomic E-state index is 12.3. The molecule has 106 valence electrons. The van der Waals surface area contributed by atoms with E-state index in [1.54, 1.807) is 7.11 Å². The molecule has 1 rings (SSSR count). The lowest BCUT2D eigenvalue weighted by Crippen LogP contribution is -2.38. The van der Waals surface area contributed by atoms with Crippen LogP contribution >= 0.6 is 15.9 Å². The highest BCUT2D eigenvalue weighted by Gasteiger charge is 2.23. The van der Waals surface area contributed by atoms with Gasteiger partial charge in [0, 0.05) is 13.1 Å². The summed E-state index contributed by atoms with van der Waals surface area (Å²) in [4.78, 5) is 14.0. The third-order valence-electron chi connectivity index (χ3n) is 3.05. The molecule has 0 aliphatic rings. The lowest BCUT2D eigenvalue weighted by atomic mass is 10.1. The van der Waals surface area contributed by atoms with E-state index in [0.717, 1.165) is 11.3 Å². The van der Waals surface area contributed by atoms with Crippen molar-refractivity contribution in [1.82, 2.24) is 4.90 Å². The van der Waals surface area contributed by atoms with Gasteiger partial charge in [-0.3, -0.25) is 4.79 Å². The molecular weight excluding hydrogens is 306 g/mol. The van der Waals surface area contributed by atoms with Crippen LogP contribution in [0.15, 0.2) is 24.3 Å². The molecule has 1 aromatic rings. The van der Waals surface area contributed by atoms with Gasteiger partial charge < -0.3 is 9.64 Å². The molecule has 0 saturated heterocycles. The first kappa shape index (κ1) is 16.0. The van der Waals surface area contributed by atoms with E-state index in [9.17, 15) is 4.79 Å². The predicted octanol–water partition coefficient (Wildman–Crippen LogP) is 3.46. The molecule has 0 N–H and O–H groups in total. The summed E-state index contributed by atoms with van der Waals surface area (Å²) in [6.45, 7) is 7.42. The Morgan fingerprint density at radius 1 is 1.32 bits per heavy atom. The predicted molar refractivity (Wildman–Crippen MR) is 81.6 cm³/mol. The van der Waals surface area contributed by atoms with Gasteiger partial charge in [0.1, 0.15) is 5.75 Å². The van der Waals surface area contributed by atoms with Crippen molar-refractivity contribution in [1.29, 1.82) is 0 Å². The number of benzene rings is 1. The Balaban J connectivity index is 2.72. The maximum atomic E-state index is 12.3. The van der Waals surface area contributed by atoms with Crippen molar-refractivity contribution in [3.63, 3.8) is 0 Å². The van der Waals surface area contributed by atoms with Gasteiger partial charge in [-0.1, -0.05) is 41.9 Å². The first-order chi connectivity index (χ1) is 8.99. The molecule has 1 atom stereocenters. The standard InChI is InChI=1S/C15H22BrNO2/c1-5-17(15(18)14(16)11(2)3)10-12-6-8-13(19-4)9-7-12/h6-9,11,14H,5,10H2,1-4H3. The zero-order valence-electron chi connectivity index (χ0n) is 12.0. The minimum absolute atomic E-state index is 0.120. The Hall–Kier alpha value is -1.03. The number of ether oxygens (including phenoxy) is 1. The molecule has 4 heteroatoms. The summed E-state index contributed by atoms with van der Waals surface area (Å²) < 4.78 is 5.13. The highest BCUT2D eigenvalue weighted by Crippen LogP contribution is 2.18. The third-order valence-corrected chi connectivity index (χ3v) is 4.50. The molecule has 0 bridgehead atoms. The zero-order valence-corrected chi connectivity index (χ0v) is 13.6. The van der Waals surface area contributed by atoms with Crippen molar-refractivity contribution < 1.29 is 9.53 Å². The lowest BCUT2D eigenvalue weighted by Gasteiger charge is -2.25. The minimum Gasteiger partial charge on any atom is -0.497 e. The monoisotopic (exact) mass is 327 g/mol. The van der Waals surface area contributed by atoms with Gasteiger partial charge in [0.15, 0.2) is 0 Å². The number of amides is 1. The molecule has 1 unspecified atom stereocenters. The van der Waals surface area contributed by atoms with E-state index in [0.29, 0.717) is 13.1 Å². The number of methoxy groups -OCH3 is 1. The normalized spacial score (nSPS) is 12.3. The van der Waals surface area contributed by atoms with E-state index < -0.39 is 0 Å². The second-order valence-corrected chi connectivity index (χ2v) is 5.83. The summed E-state index contributed by atoms with van der Waals surface area (Å²) in [5, 5.41) is 0. The largest absolute Gasteiger partial charge is 0.497 e. The van der Waals surface area contributed by atoms with Gasteiger partial charge in [0.25, 0.3) is 0 Å². The first-order valence-corrected chi connectivity index (χ1v) is 7.47. The van der Waals surface area contributed by atoms with Crippen LogP contribution in [-0.2, 0) is 11.3 Å². The average Bonchev–Trinajstić information content (AvgIpc) is 2.43. The van der Waals surface area contributed by atoms with Crippen molar-refractivity contribution in [2.45, 2.75) is 32.1 Å². The molecule has 0 aliphatic heterocycles. The van der Waals surface area contributed by atoms with Gasteiger partial charge in [-0.2, -0.15) is 0 Å².